The van der Waals surface area contributed by atoms with E-state index in [1.807, 2.05) is 12.1 Å². The normalized spacial score (nSPS) is 19.6. The first-order chi connectivity index (χ1) is 14.9. The molecule has 0 bridgehead atoms. The van der Waals surface area contributed by atoms with Gasteiger partial charge in [-0.3, -0.25) is 4.79 Å². The molecule has 2 heterocycles. The SMILES string of the molecule is Cc1cc(C(=O)N2CCC3(CC2)Cc2ccccc2[C@H]3N)nn1-c1ccc(F)cc1F. The molecular weight excluding hydrogens is 398 g/mol. The lowest BCUT2D eigenvalue weighted by Gasteiger charge is -2.42. The number of piperidine rings is 1. The molecular formula is C24H24F2N4O. The van der Waals surface area contributed by atoms with E-state index < -0.39 is 11.6 Å². The van der Waals surface area contributed by atoms with Gasteiger partial charge in [-0.25, -0.2) is 13.5 Å². The highest BCUT2D eigenvalue weighted by Crippen LogP contribution is 2.50. The van der Waals surface area contributed by atoms with Gasteiger partial charge in [-0.05, 0) is 60.9 Å². The van der Waals surface area contributed by atoms with Gasteiger partial charge in [0.05, 0.1) is 0 Å². The van der Waals surface area contributed by atoms with Crippen molar-refractivity contribution in [3.63, 3.8) is 0 Å². The van der Waals surface area contributed by atoms with Gasteiger partial charge in [0.2, 0.25) is 0 Å². The molecule has 1 aromatic heterocycles. The molecule has 5 nitrogen and oxygen atoms in total. The molecule has 1 saturated heterocycles. The topological polar surface area (TPSA) is 64.2 Å². The highest BCUT2D eigenvalue weighted by Gasteiger charge is 2.46. The number of carbonyl (C=O) groups is 1. The lowest BCUT2D eigenvalue weighted by atomic mass is 9.73. The molecule has 0 unspecified atom stereocenters. The van der Waals surface area contributed by atoms with Crippen molar-refractivity contribution < 1.29 is 13.6 Å². The summed E-state index contributed by atoms with van der Waals surface area (Å²) in [6.45, 7) is 2.96. The Morgan fingerprint density at radius 2 is 1.87 bits per heavy atom. The van der Waals surface area contributed by atoms with Crippen LogP contribution in [0.4, 0.5) is 8.78 Å². The standard InChI is InChI=1S/C24H24F2N4O/c1-15-12-20(28-30(15)21-7-6-17(25)13-19(21)26)23(31)29-10-8-24(9-11-29)14-16-4-2-3-5-18(16)22(24)27/h2-7,12-13,22H,8-11,14,27H2,1H3/t22-/m1/s1. The smallest absolute Gasteiger partial charge is 0.274 e. The van der Waals surface area contributed by atoms with Crippen LogP contribution in [0.15, 0.2) is 48.5 Å². The first-order valence-electron chi connectivity index (χ1n) is 10.5. The monoisotopic (exact) mass is 422 g/mol. The van der Waals surface area contributed by atoms with Crippen molar-refractivity contribution in [2.75, 3.05) is 13.1 Å². The summed E-state index contributed by atoms with van der Waals surface area (Å²) in [5.74, 6) is -1.56. The van der Waals surface area contributed by atoms with Crippen LogP contribution in [0.25, 0.3) is 5.69 Å². The molecule has 1 atom stereocenters. The zero-order valence-corrected chi connectivity index (χ0v) is 17.3. The van der Waals surface area contributed by atoms with Crippen LogP contribution >= 0.6 is 0 Å². The molecule has 5 rings (SSSR count). The van der Waals surface area contributed by atoms with Crippen LogP contribution < -0.4 is 5.73 Å². The maximum Gasteiger partial charge on any atom is 0.274 e. The predicted octanol–water partition coefficient (Wildman–Crippen LogP) is 3.94. The largest absolute Gasteiger partial charge is 0.337 e. The number of nitrogens with two attached hydrogens (primary N) is 1. The summed E-state index contributed by atoms with van der Waals surface area (Å²) in [6, 6.07) is 13.3. The van der Waals surface area contributed by atoms with E-state index in [0.717, 1.165) is 25.3 Å². The third kappa shape index (κ3) is 3.24. The lowest BCUT2D eigenvalue weighted by Crippen LogP contribution is -2.46. The van der Waals surface area contributed by atoms with Crippen LogP contribution in [0.1, 0.15) is 46.2 Å². The van der Waals surface area contributed by atoms with Crippen molar-refractivity contribution in [3.05, 3.63) is 82.7 Å². The molecule has 3 aromatic rings. The number of hydrogen-bond acceptors (Lipinski definition) is 3. The number of aromatic nitrogens is 2. The number of halogens is 2. The fourth-order valence-electron chi connectivity index (χ4n) is 5.10. The van der Waals surface area contributed by atoms with Gasteiger partial charge in [0.25, 0.3) is 5.91 Å². The highest BCUT2D eigenvalue weighted by molar-refractivity contribution is 5.92. The van der Waals surface area contributed by atoms with Crippen molar-refractivity contribution in [2.45, 2.75) is 32.2 Å². The quantitative estimate of drug-likeness (QED) is 0.681. The van der Waals surface area contributed by atoms with Gasteiger partial charge in [0.1, 0.15) is 11.5 Å². The zero-order valence-electron chi connectivity index (χ0n) is 17.3. The van der Waals surface area contributed by atoms with Crippen LogP contribution in [0, 0.1) is 24.0 Å². The molecule has 160 valence electrons. The van der Waals surface area contributed by atoms with Gasteiger partial charge < -0.3 is 10.6 Å². The van der Waals surface area contributed by atoms with E-state index in [-0.39, 0.29) is 28.7 Å². The first-order valence-corrected chi connectivity index (χ1v) is 10.5. The first kappa shape index (κ1) is 19.9. The Kier molecular flexibility index (Phi) is 4.66. The Bertz CT molecular complexity index is 1160. The van der Waals surface area contributed by atoms with Gasteiger partial charge in [-0.1, -0.05) is 24.3 Å². The van der Waals surface area contributed by atoms with E-state index >= 15 is 0 Å². The number of rotatable bonds is 2. The van der Waals surface area contributed by atoms with E-state index in [0.29, 0.717) is 18.8 Å². The minimum Gasteiger partial charge on any atom is -0.337 e. The summed E-state index contributed by atoms with van der Waals surface area (Å²) in [7, 11) is 0. The van der Waals surface area contributed by atoms with Gasteiger partial charge in [-0.15, -0.1) is 0 Å². The third-order valence-corrected chi connectivity index (χ3v) is 6.88. The Morgan fingerprint density at radius 3 is 2.58 bits per heavy atom. The molecule has 0 saturated carbocycles. The van der Waals surface area contributed by atoms with Crippen LogP contribution in [0.2, 0.25) is 0 Å². The Morgan fingerprint density at radius 1 is 1.13 bits per heavy atom. The average molecular weight is 422 g/mol. The number of benzene rings is 2. The van der Waals surface area contributed by atoms with Crippen molar-refractivity contribution in [2.24, 2.45) is 11.1 Å². The number of amides is 1. The summed E-state index contributed by atoms with van der Waals surface area (Å²) in [6.07, 6.45) is 2.62. The van der Waals surface area contributed by atoms with Crippen LogP contribution in [-0.2, 0) is 6.42 Å². The number of carbonyl (C=O) groups excluding carboxylic acids is 1. The van der Waals surface area contributed by atoms with Crippen molar-refractivity contribution in [1.82, 2.24) is 14.7 Å². The van der Waals surface area contributed by atoms with Crippen LogP contribution in [0.3, 0.4) is 0 Å². The molecule has 0 radical (unpaired) electrons. The molecule has 2 N–H and O–H groups in total. The molecule has 1 spiro atoms. The number of fused-ring (bicyclic) bond motifs is 1. The number of likely N-dealkylation sites (tertiary alicyclic amines) is 1. The third-order valence-electron chi connectivity index (χ3n) is 6.88. The summed E-state index contributed by atoms with van der Waals surface area (Å²) in [5.41, 5.74) is 10.1. The zero-order chi connectivity index (χ0) is 21.8. The summed E-state index contributed by atoms with van der Waals surface area (Å²) in [4.78, 5) is 14.9. The maximum absolute atomic E-state index is 14.2. The van der Waals surface area contributed by atoms with Gasteiger partial charge >= 0.3 is 0 Å². The van der Waals surface area contributed by atoms with Crippen molar-refractivity contribution in [1.29, 1.82) is 0 Å². The van der Waals surface area contributed by atoms with Gasteiger partial charge in [0, 0.05) is 30.9 Å². The van der Waals surface area contributed by atoms with E-state index in [2.05, 4.69) is 17.2 Å². The van der Waals surface area contributed by atoms with Gasteiger partial charge in [-0.2, -0.15) is 5.10 Å². The molecule has 1 fully saturated rings. The molecule has 31 heavy (non-hydrogen) atoms. The fourth-order valence-corrected chi connectivity index (χ4v) is 5.10. The summed E-state index contributed by atoms with van der Waals surface area (Å²) >= 11 is 0. The molecule has 7 heteroatoms. The Hall–Kier alpha value is -3.06. The molecule has 1 aliphatic carbocycles. The van der Waals surface area contributed by atoms with E-state index in [4.69, 9.17) is 5.73 Å². The minimum absolute atomic E-state index is 0.00696. The van der Waals surface area contributed by atoms with Gasteiger partial charge in [0.15, 0.2) is 11.5 Å². The number of nitrogens with zero attached hydrogens (tertiary/aromatic N) is 3. The highest BCUT2D eigenvalue weighted by atomic mass is 19.1. The van der Waals surface area contributed by atoms with E-state index in [1.165, 1.54) is 27.9 Å². The average Bonchev–Trinajstić information content (AvgIpc) is 3.27. The van der Waals surface area contributed by atoms with E-state index in [1.54, 1.807) is 17.9 Å². The minimum atomic E-state index is -0.722. The van der Waals surface area contributed by atoms with Crippen LogP contribution in [0.5, 0.6) is 0 Å². The molecule has 1 aliphatic heterocycles. The Balaban J connectivity index is 1.33. The maximum atomic E-state index is 14.2. The second-order valence-electron chi connectivity index (χ2n) is 8.69. The van der Waals surface area contributed by atoms with Crippen LogP contribution in [-0.4, -0.2) is 33.7 Å². The number of aryl methyl sites for hydroxylation is 1. The lowest BCUT2D eigenvalue weighted by molar-refractivity contribution is 0.0536. The second-order valence-corrected chi connectivity index (χ2v) is 8.69. The Labute approximate surface area is 179 Å². The predicted molar refractivity (Wildman–Crippen MR) is 113 cm³/mol. The molecule has 2 aromatic carbocycles. The van der Waals surface area contributed by atoms with Crippen molar-refractivity contribution >= 4 is 5.91 Å². The van der Waals surface area contributed by atoms with Crippen molar-refractivity contribution in [3.8, 4) is 5.69 Å². The number of hydrogen-bond donors (Lipinski definition) is 1. The van der Waals surface area contributed by atoms with E-state index in [9.17, 15) is 13.6 Å². The summed E-state index contributed by atoms with van der Waals surface area (Å²) in [5, 5.41) is 4.32. The molecule has 1 amide bonds. The fraction of sp³-hybridized carbons (Fsp3) is 0.333. The molecule has 2 aliphatic rings. The second kappa shape index (κ2) is 7.27. The summed E-state index contributed by atoms with van der Waals surface area (Å²) < 4.78 is 28.8.